The first-order valence-electron chi connectivity index (χ1n) is 10.7. The molecule has 0 aliphatic heterocycles. The molecule has 190 valence electrons. The molecule has 2 amide bonds. The average molecular weight is 570 g/mol. The van der Waals surface area contributed by atoms with E-state index in [2.05, 4.69) is 26.6 Å². The first-order valence-corrected chi connectivity index (χ1v) is 11.5. The van der Waals surface area contributed by atoms with E-state index in [9.17, 15) is 29.3 Å². The summed E-state index contributed by atoms with van der Waals surface area (Å²) in [6.45, 7) is -1.34. The lowest BCUT2D eigenvalue weighted by Crippen LogP contribution is -2.39. The third kappa shape index (κ3) is 8.54. The van der Waals surface area contributed by atoms with Crippen LogP contribution in [0.5, 0.6) is 11.5 Å². The first-order chi connectivity index (χ1) is 17.7. The number of nitro groups is 1. The van der Waals surface area contributed by atoms with Gasteiger partial charge in [-0.25, -0.2) is 0 Å². The fourth-order valence-corrected chi connectivity index (χ4v) is 3.12. The van der Waals surface area contributed by atoms with Gasteiger partial charge in [-0.05, 0) is 60.7 Å². The second-order valence-corrected chi connectivity index (χ2v) is 8.34. The van der Waals surface area contributed by atoms with Crippen molar-refractivity contribution in [1.29, 1.82) is 0 Å². The molecule has 11 nitrogen and oxygen atoms in total. The van der Waals surface area contributed by atoms with Gasteiger partial charge in [0.1, 0.15) is 18.0 Å². The van der Waals surface area contributed by atoms with Crippen LogP contribution >= 0.6 is 15.9 Å². The normalized spacial score (nSPS) is 10.2. The molecule has 0 unspecified atom stereocenters. The van der Waals surface area contributed by atoms with Crippen molar-refractivity contribution in [2.24, 2.45) is 0 Å². The molecule has 37 heavy (non-hydrogen) atoms. The molecule has 0 saturated carbocycles. The van der Waals surface area contributed by atoms with Gasteiger partial charge in [0.25, 0.3) is 11.6 Å². The van der Waals surface area contributed by atoms with Crippen LogP contribution in [0.2, 0.25) is 0 Å². The first kappa shape index (κ1) is 27.0. The van der Waals surface area contributed by atoms with Crippen molar-refractivity contribution < 1.29 is 33.6 Å². The molecule has 0 heterocycles. The van der Waals surface area contributed by atoms with E-state index in [4.69, 9.17) is 9.47 Å². The highest BCUT2D eigenvalue weighted by molar-refractivity contribution is 9.10. The molecule has 2 N–H and O–H groups in total. The molecular formula is C25H20BrN3O8. The number of halogens is 1. The Hall–Kier alpha value is -4.58. The zero-order valence-electron chi connectivity index (χ0n) is 19.1. The summed E-state index contributed by atoms with van der Waals surface area (Å²) in [5, 5.41) is 15.4. The van der Waals surface area contributed by atoms with Crippen LogP contribution in [0.4, 0.5) is 5.69 Å². The molecule has 0 fully saturated rings. The highest BCUT2D eigenvalue weighted by Gasteiger charge is 2.13. The minimum absolute atomic E-state index is 0.0640. The molecule has 0 spiro atoms. The number of nitrogens with zero attached hydrogens (tertiary/aromatic N) is 1. The molecular weight excluding hydrogens is 550 g/mol. The van der Waals surface area contributed by atoms with E-state index in [-0.39, 0.29) is 17.8 Å². The topological polar surface area (TPSA) is 154 Å². The molecule has 0 aliphatic rings. The van der Waals surface area contributed by atoms with Crippen molar-refractivity contribution in [3.05, 3.63) is 98.5 Å². The van der Waals surface area contributed by atoms with Gasteiger partial charge in [0.2, 0.25) is 5.91 Å². The average Bonchev–Trinajstić information content (AvgIpc) is 2.90. The Labute approximate surface area is 219 Å². The summed E-state index contributed by atoms with van der Waals surface area (Å²) >= 11 is 3.26. The molecule has 0 bridgehead atoms. The Kier molecular flexibility index (Phi) is 9.44. The lowest BCUT2D eigenvalue weighted by molar-refractivity contribution is -0.384. The van der Waals surface area contributed by atoms with Gasteiger partial charge in [-0.15, -0.1) is 0 Å². The number of Topliss-reactive ketones (excluding diaryl/α,β-unsaturated/α-hetero) is 1. The van der Waals surface area contributed by atoms with Gasteiger partial charge in [-0.2, -0.15) is 0 Å². The van der Waals surface area contributed by atoms with Crippen LogP contribution in [0.3, 0.4) is 0 Å². The van der Waals surface area contributed by atoms with Crippen molar-refractivity contribution in [2.75, 3.05) is 19.7 Å². The van der Waals surface area contributed by atoms with Gasteiger partial charge in [-0.3, -0.25) is 29.3 Å². The zero-order valence-corrected chi connectivity index (χ0v) is 20.7. The molecule has 0 atom stereocenters. The third-order valence-electron chi connectivity index (χ3n) is 4.77. The monoisotopic (exact) mass is 569 g/mol. The van der Waals surface area contributed by atoms with Gasteiger partial charge >= 0.3 is 5.97 Å². The summed E-state index contributed by atoms with van der Waals surface area (Å²) in [7, 11) is 0. The summed E-state index contributed by atoms with van der Waals surface area (Å²) in [5.41, 5.74) is 0.578. The summed E-state index contributed by atoms with van der Waals surface area (Å²) in [6.07, 6.45) is 0. The number of rotatable bonds is 11. The minimum Gasteiger partial charge on any atom is -0.457 e. The lowest BCUT2D eigenvalue weighted by Gasteiger charge is -2.08. The van der Waals surface area contributed by atoms with Crippen molar-refractivity contribution in [2.45, 2.75) is 0 Å². The second-order valence-electron chi connectivity index (χ2n) is 7.43. The van der Waals surface area contributed by atoms with Gasteiger partial charge in [0, 0.05) is 27.7 Å². The number of amides is 2. The molecule has 12 heteroatoms. The Morgan fingerprint density at radius 3 is 1.95 bits per heavy atom. The second kappa shape index (κ2) is 12.9. The Balaban J connectivity index is 1.37. The number of nitrogens with one attached hydrogen (secondary N) is 2. The van der Waals surface area contributed by atoms with E-state index < -0.39 is 41.6 Å². The van der Waals surface area contributed by atoms with E-state index in [1.807, 2.05) is 0 Å². The van der Waals surface area contributed by atoms with Crippen molar-refractivity contribution in [3.8, 4) is 11.5 Å². The highest BCUT2D eigenvalue weighted by atomic mass is 79.9. The van der Waals surface area contributed by atoms with Crippen LogP contribution in [0.15, 0.2) is 77.3 Å². The molecule has 0 saturated heterocycles. The molecule has 0 aliphatic carbocycles. The number of carbonyl (C=O) groups excluding carboxylic acids is 4. The van der Waals surface area contributed by atoms with Gasteiger partial charge in [0.15, 0.2) is 12.4 Å². The number of ether oxygens (including phenoxy) is 2. The molecule has 3 rings (SSSR count). The highest BCUT2D eigenvalue weighted by Crippen LogP contribution is 2.24. The minimum atomic E-state index is -0.820. The van der Waals surface area contributed by atoms with Crippen LogP contribution in [0, 0.1) is 10.1 Å². The van der Waals surface area contributed by atoms with E-state index in [0.717, 1.165) is 4.47 Å². The maximum atomic E-state index is 12.3. The van der Waals surface area contributed by atoms with E-state index >= 15 is 0 Å². The third-order valence-corrected chi connectivity index (χ3v) is 5.30. The fraction of sp³-hybridized carbons (Fsp3) is 0.120. The van der Waals surface area contributed by atoms with Crippen LogP contribution < -0.4 is 15.4 Å². The van der Waals surface area contributed by atoms with Crippen molar-refractivity contribution in [3.63, 3.8) is 0 Å². The van der Waals surface area contributed by atoms with Crippen LogP contribution in [-0.4, -0.2) is 48.2 Å². The number of benzene rings is 3. The Morgan fingerprint density at radius 2 is 1.35 bits per heavy atom. The van der Waals surface area contributed by atoms with E-state index in [1.165, 1.54) is 48.5 Å². The Morgan fingerprint density at radius 1 is 0.784 bits per heavy atom. The number of hydrogen-bond acceptors (Lipinski definition) is 8. The molecule has 0 aromatic heterocycles. The smallest absolute Gasteiger partial charge is 0.325 e. The SMILES string of the molecule is O=C(CNC(=O)c1ccc(Br)cc1)NCC(=O)OCC(=O)c1ccc(Oc2ccc([N+](=O)[O-])cc2)cc1. The summed E-state index contributed by atoms with van der Waals surface area (Å²) in [6, 6.07) is 18.1. The maximum absolute atomic E-state index is 12.3. The predicted octanol–water partition coefficient (Wildman–Crippen LogP) is 3.42. The van der Waals surface area contributed by atoms with Gasteiger partial charge < -0.3 is 20.1 Å². The molecule has 3 aromatic carbocycles. The summed E-state index contributed by atoms with van der Waals surface area (Å²) < 4.78 is 11.3. The number of hydrogen-bond donors (Lipinski definition) is 2. The van der Waals surface area contributed by atoms with Crippen LogP contribution in [0.1, 0.15) is 20.7 Å². The number of esters is 1. The zero-order chi connectivity index (χ0) is 26.8. The molecule has 0 radical (unpaired) electrons. The Bertz CT molecular complexity index is 1290. The standard InChI is InChI=1S/C25H20BrN3O8/c26-18-5-1-17(2-6-18)25(33)28-13-23(31)27-14-24(32)36-15-22(30)16-3-9-20(10-4-16)37-21-11-7-19(8-12-21)29(34)35/h1-12H,13-15H2,(H,27,31)(H,28,33). The number of non-ortho nitro benzene ring substituents is 1. The lowest BCUT2D eigenvalue weighted by atomic mass is 10.1. The summed E-state index contributed by atoms with van der Waals surface area (Å²) in [5.74, 6) is -1.55. The fourth-order valence-electron chi connectivity index (χ4n) is 2.86. The van der Waals surface area contributed by atoms with E-state index in [0.29, 0.717) is 17.1 Å². The van der Waals surface area contributed by atoms with Gasteiger partial charge in [-0.1, -0.05) is 15.9 Å². The number of ketones is 1. The number of carbonyl (C=O) groups is 4. The van der Waals surface area contributed by atoms with Crippen LogP contribution in [-0.2, 0) is 14.3 Å². The van der Waals surface area contributed by atoms with Gasteiger partial charge in [0.05, 0.1) is 11.5 Å². The van der Waals surface area contributed by atoms with E-state index in [1.54, 1.807) is 24.3 Å². The summed E-state index contributed by atoms with van der Waals surface area (Å²) in [4.78, 5) is 58.2. The number of nitro benzene ring substituents is 1. The predicted molar refractivity (Wildman–Crippen MR) is 134 cm³/mol. The maximum Gasteiger partial charge on any atom is 0.325 e. The van der Waals surface area contributed by atoms with Crippen molar-refractivity contribution >= 4 is 45.2 Å². The molecule has 3 aromatic rings. The van der Waals surface area contributed by atoms with Crippen LogP contribution in [0.25, 0.3) is 0 Å². The quantitative estimate of drug-likeness (QED) is 0.154. The largest absolute Gasteiger partial charge is 0.457 e. The van der Waals surface area contributed by atoms with Crippen molar-refractivity contribution in [1.82, 2.24) is 10.6 Å².